The number of hydrogen-bond donors (Lipinski definition) is 2. The Morgan fingerprint density at radius 2 is 1.59 bits per heavy atom. The van der Waals surface area contributed by atoms with Gasteiger partial charge in [-0.15, -0.1) is 0 Å². The van der Waals surface area contributed by atoms with Crippen molar-refractivity contribution in [1.82, 2.24) is 5.32 Å². The molecule has 0 aromatic heterocycles. The number of halogens is 3. The maximum atomic E-state index is 12.6. The van der Waals surface area contributed by atoms with Gasteiger partial charge in [0, 0.05) is 24.5 Å². The quantitative estimate of drug-likeness (QED) is 0.685. The molecule has 0 saturated carbocycles. The van der Waals surface area contributed by atoms with Gasteiger partial charge in [0.05, 0.1) is 11.6 Å². The van der Waals surface area contributed by atoms with Gasteiger partial charge in [-0.25, -0.2) is 0 Å². The van der Waals surface area contributed by atoms with Crippen LogP contribution in [0.2, 0.25) is 0 Å². The van der Waals surface area contributed by atoms with Gasteiger partial charge in [0.15, 0.2) is 5.11 Å². The van der Waals surface area contributed by atoms with E-state index in [2.05, 4.69) is 39.8 Å². The number of hydrogen-bond acceptors (Lipinski definition) is 2. The Balaban J connectivity index is 1.55. The first-order valence-corrected chi connectivity index (χ1v) is 9.33. The molecule has 1 atom stereocenters. The van der Waals surface area contributed by atoms with Crippen molar-refractivity contribution in [3.05, 3.63) is 59.7 Å². The van der Waals surface area contributed by atoms with Crippen LogP contribution in [0.3, 0.4) is 0 Å². The molecule has 1 fully saturated rings. The van der Waals surface area contributed by atoms with Gasteiger partial charge >= 0.3 is 6.18 Å². The number of nitrogens with zero attached hydrogens (tertiary/aromatic N) is 1. The molecule has 0 aliphatic carbocycles. The second-order valence-electron chi connectivity index (χ2n) is 6.68. The highest BCUT2D eigenvalue weighted by atomic mass is 32.1. The molecule has 1 heterocycles. The fourth-order valence-electron chi connectivity index (χ4n) is 3.14. The Morgan fingerprint density at radius 3 is 2.15 bits per heavy atom. The third-order valence-electron chi connectivity index (χ3n) is 4.68. The molecule has 1 aliphatic heterocycles. The smallest absolute Gasteiger partial charge is 0.372 e. The monoisotopic (exact) mass is 393 g/mol. The third-order valence-corrected chi connectivity index (χ3v) is 4.90. The van der Waals surface area contributed by atoms with Gasteiger partial charge in [-0.3, -0.25) is 0 Å². The average Bonchev–Trinajstić information content (AvgIpc) is 3.16. The molecule has 0 unspecified atom stereocenters. The Bertz CT molecular complexity index is 767. The molecule has 1 aliphatic rings. The molecule has 0 amide bonds. The molecule has 7 heteroatoms. The standard InChI is InChI=1S/C20H22F3N3S/c1-14(15-4-10-18(11-5-15)26-12-2-3-13-26)24-19(27)25-17-8-6-16(7-9-17)20(21,22)23/h4-11,14H,2-3,12-13H2,1H3,(H2,24,25,27)/t14-/m0/s1. The molecule has 27 heavy (non-hydrogen) atoms. The highest BCUT2D eigenvalue weighted by Gasteiger charge is 2.29. The van der Waals surface area contributed by atoms with Crippen LogP contribution in [0.25, 0.3) is 0 Å². The Kier molecular flexibility index (Phi) is 5.89. The number of rotatable bonds is 4. The number of alkyl halides is 3. The van der Waals surface area contributed by atoms with Gasteiger partial charge in [-0.1, -0.05) is 12.1 Å². The van der Waals surface area contributed by atoms with E-state index >= 15 is 0 Å². The number of nitrogens with one attached hydrogen (secondary N) is 2. The topological polar surface area (TPSA) is 27.3 Å². The summed E-state index contributed by atoms with van der Waals surface area (Å²) in [6.07, 6.45) is -1.86. The predicted molar refractivity (Wildman–Crippen MR) is 107 cm³/mol. The van der Waals surface area contributed by atoms with Gasteiger partial charge in [-0.2, -0.15) is 13.2 Å². The lowest BCUT2D eigenvalue weighted by molar-refractivity contribution is -0.137. The SMILES string of the molecule is C[C@H](NC(=S)Nc1ccc(C(F)(F)F)cc1)c1ccc(N2CCCC2)cc1. The van der Waals surface area contributed by atoms with Crippen molar-refractivity contribution in [2.45, 2.75) is 32.0 Å². The van der Waals surface area contributed by atoms with Crippen LogP contribution < -0.4 is 15.5 Å². The molecular weight excluding hydrogens is 371 g/mol. The molecule has 2 aromatic rings. The zero-order chi connectivity index (χ0) is 19.4. The zero-order valence-corrected chi connectivity index (χ0v) is 15.8. The maximum absolute atomic E-state index is 12.6. The van der Waals surface area contributed by atoms with E-state index in [1.165, 1.54) is 30.7 Å². The minimum atomic E-state index is -4.34. The number of thiocarbonyl (C=S) groups is 1. The molecule has 2 N–H and O–H groups in total. The minimum absolute atomic E-state index is 0.0212. The van der Waals surface area contributed by atoms with Crippen LogP contribution in [0, 0.1) is 0 Å². The molecule has 0 radical (unpaired) electrons. The van der Waals surface area contributed by atoms with E-state index < -0.39 is 11.7 Å². The summed E-state index contributed by atoms with van der Waals surface area (Å²) in [5.74, 6) is 0. The highest BCUT2D eigenvalue weighted by Crippen LogP contribution is 2.30. The second kappa shape index (κ2) is 8.17. The van der Waals surface area contributed by atoms with Crippen LogP contribution in [0.5, 0.6) is 0 Å². The van der Waals surface area contributed by atoms with Crippen LogP contribution >= 0.6 is 12.2 Å². The first kappa shape index (κ1) is 19.5. The van der Waals surface area contributed by atoms with Crippen molar-refractivity contribution in [3.8, 4) is 0 Å². The van der Waals surface area contributed by atoms with Crippen LogP contribution in [0.4, 0.5) is 24.5 Å². The van der Waals surface area contributed by atoms with E-state index in [4.69, 9.17) is 12.2 Å². The fourth-order valence-corrected chi connectivity index (χ4v) is 3.43. The molecule has 3 nitrogen and oxygen atoms in total. The Hall–Kier alpha value is -2.28. The summed E-state index contributed by atoms with van der Waals surface area (Å²) in [6, 6.07) is 13.2. The summed E-state index contributed by atoms with van der Waals surface area (Å²) in [6.45, 7) is 4.20. The van der Waals surface area contributed by atoms with Crippen molar-refractivity contribution in [3.63, 3.8) is 0 Å². The van der Waals surface area contributed by atoms with Crippen molar-refractivity contribution in [1.29, 1.82) is 0 Å². The average molecular weight is 393 g/mol. The lowest BCUT2D eigenvalue weighted by atomic mass is 10.1. The van der Waals surface area contributed by atoms with E-state index in [9.17, 15) is 13.2 Å². The molecule has 0 spiro atoms. The van der Waals surface area contributed by atoms with E-state index in [-0.39, 0.29) is 6.04 Å². The summed E-state index contributed by atoms with van der Waals surface area (Å²) in [7, 11) is 0. The molecule has 3 rings (SSSR count). The maximum Gasteiger partial charge on any atom is 0.416 e. The van der Waals surface area contributed by atoms with Crippen LogP contribution in [0.15, 0.2) is 48.5 Å². The summed E-state index contributed by atoms with van der Waals surface area (Å²) >= 11 is 5.28. The van der Waals surface area contributed by atoms with E-state index in [1.54, 1.807) is 0 Å². The lowest BCUT2D eigenvalue weighted by Crippen LogP contribution is -2.31. The van der Waals surface area contributed by atoms with E-state index in [0.29, 0.717) is 10.8 Å². The minimum Gasteiger partial charge on any atom is -0.372 e. The van der Waals surface area contributed by atoms with Gasteiger partial charge in [-0.05, 0) is 73.9 Å². The predicted octanol–water partition coefficient (Wildman–Crippen LogP) is 5.35. The second-order valence-corrected chi connectivity index (χ2v) is 7.09. The summed E-state index contributed by atoms with van der Waals surface area (Å²) in [5.41, 5.74) is 2.15. The molecule has 144 valence electrons. The van der Waals surface area contributed by atoms with E-state index in [1.807, 2.05) is 6.92 Å². The van der Waals surface area contributed by atoms with Gasteiger partial charge < -0.3 is 15.5 Å². The summed E-state index contributed by atoms with van der Waals surface area (Å²) in [4.78, 5) is 2.37. The number of anilines is 2. The van der Waals surface area contributed by atoms with Crippen molar-refractivity contribution in [2.75, 3.05) is 23.3 Å². The third kappa shape index (κ3) is 5.13. The zero-order valence-electron chi connectivity index (χ0n) is 15.0. The summed E-state index contributed by atoms with van der Waals surface area (Å²) in [5, 5.41) is 6.45. The van der Waals surface area contributed by atoms with Crippen LogP contribution in [-0.2, 0) is 6.18 Å². The fraction of sp³-hybridized carbons (Fsp3) is 0.350. The first-order valence-electron chi connectivity index (χ1n) is 8.92. The lowest BCUT2D eigenvalue weighted by Gasteiger charge is -2.20. The Morgan fingerprint density at radius 1 is 1.00 bits per heavy atom. The first-order chi connectivity index (χ1) is 12.8. The highest BCUT2D eigenvalue weighted by molar-refractivity contribution is 7.80. The van der Waals surface area contributed by atoms with Gasteiger partial charge in [0.2, 0.25) is 0 Å². The molecule has 0 bridgehead atoms. The molecular formula is C20H22F3N3S. The molecule has 1 saturated heterocycles. The van der Waals surface area contributed by atoms with Gasteiger partial charge in [0.1, 0.15) is 0 Å². The van der Waals surface area contributed by atoms with Crippen LogP contribution in [-0.4, -0.2) is 18.2 Å². The van der Waals surface area contributed by atoms with Crippen LogP contribution in [0.1, 0.15) is 36.9 Å². The largest absolute Gasteiger partial charge is 0.416 e. The van der Waals surface area contributed by atoms with Crippen molar-refractivity contribution < 1.29 is 13.2 Å². The normalized spacial score (nSPS) is 15.5. The van der Waals surface area contributed by atoms with Crippen molar-refractivity contribution >= 4 is 28.7 Å². The Labute approximate surface area is 162 Å². The van der Waals surface area contributed by atoms with Crippen molar-refractivity contribution in [2.24, 2.45) is 0 Å². The van der Waals surface area contributed by atoms with E-state index in [0.717, 1.165) is 30.8 Å². The molecule has 2 aromatic carbocycles. The summed E-state index contributed by atoms with van der Waals surface area (Å²) < 4.78 is 37.8. The van der Waals surface area contributed by atoms with Gasteiger partial charge in [0.25, 0.3) is 0 Å². The number of benzene rings is 2.